The van der Waals surface area contributed by atoms with E-state index in [1.807, 2.05) is 28.9 Å². The van der Waals surface area contributed by atoms with Crippen molar-refractivity contribution >= 4 is 43.0 Å². The Morgan fingerprint density at radius 3 is 2.22 bits per heavy atom. The maximum Gasteiger partial charge on any atom is 0.0175 e. The van der Waals surface area contributed by atoms with E-state index in [0.29, 0.717) is 5.75 Å². The molecule has 3 aromatic rings. The molecule has 0 saturated heterocycles. The van der Waals surface area contributed by atoms with E-state index in [0.717, 1.165) is 16.5 Å². The lowest BCUT2D eigenvalue weighted by Gasteiger charge is -2.07. The van der Waals surface area contributed by atoms with Crippen molar-refractivity contribution in [3.63, 3.8) is 0 Å². The number of rotatable bonds is 5. The lowest BCUT2D eigenvalue weighted by Crippen LogP contribution is -1.92. The van der Waals surface area contributed by atoms with Gasteiger partial charge in [0.15, 0.2) is 0 Å². The van der Waals surface area contributed by atoms with E-state index in [-0.39, 0.29) is 0 Å². The molecule has 4 heteroatoms. The molecule has 3 rings (SSSR count). The van der Waals surface area contributed by atoms with E-state index in [1.165, 1.54) is 16.0 Å². The molecule has 118 valence electrons. The smallest absolute Gasteiger partial charge is 0.0175 e. The minimum Gasteiger partial charge on any atom is -0.461 e. The van der Waals surface area contributed by atoms with Gasteiger partial charge >= 0.3 is 0 Å². The Balaban J connectivity index is 1.66. The molecular weight excluding hydrogens is 388 g/mol. The standard InChI is InChI=1S/C19H16BrOS2/c20-18-9-7-17(8-10-18)16-5-3-15(4-6-16)14-23(21)13-11-19-2-1-12-22-19/h1-10,12-13H,11,14H2/q-1. The molecule has 23 heavy (non-hydrogen) atoms. The molecule has 0 aliphatic carbocycles. The van der Waals surface area contributed by atoms with Gasteiger partial charge in [0.2, 0.25) is 0 Å². The lowest BCUT2D eigenvalue weighted by molar-refractivity contribution is 0.603. The van der Waals surface area contributed by atoms with Crippen LogP contribution in [0.3, 0.4) is 0 Å². The SMILES string of the molecule is O=[S-](=C\Cc1cccs1)/Cc1ccc(-c2ccc(Br)cc2)cc1. The van der Waals surface area contributed by atoms with Crippen molar-refractivity contribution < 1.29 is 4.21 Å². The zero-order valence-electron chi connectivity index (χ0n) is 12.4. The summed E-state index contributed by atoms with van der Waals surface area (Å²) in [6.45, 7) is 0. The van der Waals surface area contributed by atoms with Crippen LogP contribution in [0.25, 0.3) is 11.1 Å². The maximum atomic E-state index is 12.2. The first-order valence-corrected chi connectivity index (χ1v) is 10.3. The minimum atomic E-state index is -0.934. The number of benzene rings is 2. The van der Waals surface area contributed by atoms with Crippen LogP contribution in [0.4, 0.5) is 0 Å². The van der Waals surface area contributed by atoms with Gasteiger partial charge in [0.1, 0.15) is 0 Å². The largest absolute Gasteiger partial charge is 0.461 e. The first-order valence-electron chi connectivity index (χ1n) is 7.28. The van der Waals surface area contributed by atoms with Crippen molar-refractivity contribution in [1.82, 2.24) is 0 Å². The highest BCUT2D eigenvalue weighted by Gasteiger charge is 1.97. The summed E-state index contributed by atoms with van der Waals surface area (Å²) in [7, 11) is -0.934. The van der Waals surface area contributed by atoms with Crippen LogP contribution in [-0.2, 0) is 26.8 Å². The predicted molar refractivity (Wildman–Crippen MR) is 105 cm³/mol. The summed E-state index contributed by atoms with van der Waals surface area (Å²) < 4.78 is 13.2. The van der Waals surface area contributed by atoms with Gasteiger partial charge in [-0.15, -0.1) is 11.3 Å². The van der Waals surface area contributed by atoms with Crippen LogP contribution < -0.4 is 0 Å². The van der Waals surface area contributed by atoms with Crippen LogP contribution in [0.1, 0.15) is 10.4 Å². The normalized spacial score (nSPS) is 12.4. The Labute approximate surface area is 151 Å². The second-order valence-corrected chi connectivity index (χ2v) is 8.51. The summed E-state index contributed by atoms with van der Waals surface area (Å²) in [5.41, 5.74) is 3.46. The lowest BCUT2D eigenvalue weighted by atomic mass is 10.0. The van der Waals surface area contributed by atoms with Crippen LogP contribution in [0.15, 0.2) is 70.5 Å². The molecule has 0 saturated carbocycles. The average molecular weight is 404 g/mol. The van der Waals surface area contributed by atoms with E-state index in [2.05, 4.69) is 58.4 Å². The molecule has 0 bridgehead atoms. The Hall–Kier alpha value is -1.36. The van der Waals surface area contributed by atoms with Crippen LogP contribution in [0.5, 0.6) is 0 Å². The highest BCUT2D eigenvalue weighted by atomic mass is 79.9. The van der Waals surface area contributed by atoms with Crippen molar-refractivity contribution in [3.8, 4) is 11.1 Å². The van der Waals surface area contributed by atoms with Gasteiger partial charge in [0.05, 0.1) is 0 Å². The monoisotopic (exact) mass is 403 g/mol. The second kappa shape index (κ2) is 7.95. The van der Waals surface area contributed by atoms with Crippen molar-refractivity contribution in [2.45, 2.75) is 12.2 Å². The zero-order valence-corrected chi connectivity index (χ0v) is 15.7. The molecule has 0 radical (unpaired) electrons. The average Bonchev–Trinajstić information content (AvgIpc) is 3.08. The zero-order chi connectivity index (χ0) is 16.1. The number of hydrogen-bond donors (Lipinski definition) is 0. The van der Waals surface area contributed by atoms with E-state index in [1.54, 1.807) is 11.3 Å². The molecule has 0 amide bonds. The first kappa shape index (κ1) is 16.5. The molecule has 0 atom stereocenters. The maximum absolute atomic E-state index is 12.2. The van der Waals surface area contributed by atoms with Gasteiger partial charge in [-0.3, -0.25) is 10.4 Å². The van der Waals surface area contributed by atoms with Crippen molar-refractivity contribution in [2.24, 2.45) is 0 Å². The summed E-state index contributed by atoms with van der Waals surface area (Å²) in [4.78, 5) is 1.25. The molecule has 0 aliphatic heterocycles. The van der Waals surface area contributed by atoms with Gasteiger partial charge < -0.3 is 4.21 Å². The van der Waals surface area contributed by atoms with Crippen LogP contribution in [0.2, 0.25) is 0 Å². The molecule has 0 N–H and O–H groups in total. The van der Waals surface area contributed by atoms with Crippen molar-refractivity contribution in [2.75, 3.05) is 0 Å². The van der Waals surface area contributed by atoms with Gasteiger partial charge in [0.25, 0.3) is 0 Å². The fourth-order valence-corrected chi connectivity index (χ4v) is 4.31. The first-order chi connectivity index (χ1) is 11.2. The van der Waals surface area contributed by atoms with E-state index in [9.17, 15) is 4.21 Å². The van der Waals surface area contributed by atoms with Gasteiger partial charge in [-0.25, -0.2) is 0 Å². The van der Waals surface area contributed by atoms with Crippen molar-refractivity contribution in [3.05, 3.63) is 81.0 Å². The Morgan fingerprint density at radius 2 is 1.61 bits per heavy atom. The second-order valence-electron chi connectivity index (χ2n) is 5.18. The Bertz CT molecular complexity index is 828. The quantitative estimate of drug-likeness (QED) is 0.395. The van der Waals surface area contributed by atoms with Gasteiger partial charge in [-0.2, -0.15) is 5.37 Å². The fraction of sp³-hybridized carbons (Fsp3) is 0.105. The topological polar surface area (TPSA) is 17.1 Å². The van der Waals surface area contributed by atoms with Crippen LogP contribution in [-0.4, -0.2) is 5.37 Å². The molecule has 0 spiro atoms. The summed E-state index contributed by atoms with van der Waals surface area (Å²) in [5, 5.41) is 3.95. The third-order valence-corrected chi connectivity index (χ3v) is 6.07. The molecule has 1 heterocycles. The van der Waals surface area contributed by atoms with Crippen molar-refractivity contribution in [1.29, 1.82) is 0 Å². The van der Waals surface area contributed by atoms with Gasteiger partial charge in [-0.05, 0) is 41.1 Å². The molecule has 0 aliphatic rings. The number of hydrogen-bond acceptors (Lipinski definition) is 3. The molecule has 1 aromatic heterocycles. The van der Waals surface area contributed by atoms with E-state index < -0.39 is 10.4 Å². The fourth-order valence-electron chi connectivity index (χ4n) is 2.26. The highest BCUT2D eigenvalue weighted by Crippen LogP contribution is 2.22. The molecule has 2 aromatic carbocycles. The highest BCUT2D eigenvalue weighted by molar-refractivity contribution is 9.10. The molecule has 0 unspecified atom stereocenters. The summed E-state index contributed by atoms with van der Waals surface area (Å²) in [6.07, 6.45) is 0.779. The predicted octanol–water partition coefficient (Wildman–Crippen LogP) is 5.69. The molecular formula is C19H16BrOS2-. The molecule has 0 fully saturated rings. The summed E-state index contributed by atoms with van der Waals surface area (Å²) >= 11 is 5.15. The summed E-state index contributed by atoms with van der Waals surface area (Å²) in [5.74, 6) is 0.575. The minimum absolute atomic E-state index is 0.575. The van der Waals surface area contributed by atoms with E-state index >= 15 is 0 Å². The van der Waals surface area contributed by atoms with Gasteiger partial charge in [-0.1, -0.05) is 69.7 Å². The van der Waals surface area contributed by atoms with Gasteiger partial charge in [0, 0.05) is 9.35 Å². The molecule has 1 nitrogen and oxygen atoms in total. The summed E-state index contributed by atoms with van der Waals surface area (Å²) in [6, 6.07) is 20.7. The third-order valence-electron chi connectivity index (χ3n) is 3.49. The Morgan fingerprint density at radius 1 is 0.957 bits per heavy atom. The Kier molecular flexibility index (Phi) is 5.70. The van der Waals surface area contributed by atoms with Crippen LogP contribution >= 0.6 is 27.3 Å². The third kappa shape index (κ3) is 4.80. The van der Waals surface area contributed by atoms with Crippen LogP contribution in [0, 0.1) is 0 Å². The van der Waals surface area contributed by atoms with E-state index in [4.69, 9.17) is 0 Å². The number of halogens is 1. The number of thiophene rings is 1.